The topological polar surface area (TPSA) is 105 Å². The minimum Gasteiger partial charge on any atom is -0.409 e. The highest BCUT2D eigenvalue weighted by molar-refractivity contribution is 9.10. The molecule has 2 rings (SSSR count). The molecule has 21 heavy (non-hydrogen) atoms. The third-order valence-corrected chi connectivity index (χ3v) is 4.52. The molecule has 0 saturated heterocycles. The smallest absolute Gasteiger partial charge is 0.261 e. The minimum atomic E-state index is -3.67. The number of sulfonamides is 1. The summed E-state index contributed by atoms with van der Waals surface area (Å²) in [5, 5.41) is 11.4. The van der Waals surface area contributed by atoms with Crippen LogP contribution in [0.25, 0.3) is 0 Å². The first-order chi connectivity index (χ1) is 9.92. The number of oxime groups is 1. The molecule has 0 saturated carbocycles. The second-order valence-corrected chi connectivity index (χ2v) is 6.72. The van der Waals surface area contributed by atoms with Gasteiger partial charge >= 0.3 is 0 Å². The van der Waals surface area contributed by atoms with E-state index in [9.17, 15) is 8.42 Å². The molecule has 0 atom stereocenters. The van der Waals surface area contributed by atoms with Crippen molar-refractivity contribution in [2.24, 2.45) is 10.9 Å². The Morgan fingerprint density at radius 3 is 2.43 bits per heavy atom. The van der Waals surface area contributed by atoms with Gasteiger partial charge in [-0.15, -0.1) is 0 Å². The molecule has 0 unspecified atom stereocenters. The first-order valence-electron chi connectivity index (χ1n) is 5.79. The predicted molar refractivity (Wildman–Crippen MR) is 83.9 cm³/mol. The van der Waals surface area contributed by atoms with Gasteiger partial charge in [0.2, 0.25) is 0 Å². The average molecular weight is 370 g/mol. The Labute approximate surface area is 130 Å². The Kier molecular flexibility index (Phi) is 4.49. The molecule has 110 valence electrons. The van der Waals surface area contributed by atoms with Crippen LogP contribution in [0.4, 0.5) is 5.69 Å². The van der Waals surface area contributed by atoms with Crippen molar-refractivity contribution < 1.29 is 13.6 Å². The Balaban J connectivity index is 2.25. The van der Waals surface area contributed by atoms with E-state index in [1.807, 2.05) is 0 Å². The van der Waals surface area contributed by atoms with E-state index < -0.39 is 10.0 Å². The van der Waals surface area contributed by atoms with Crippen LogP contribution in [0.1, 0.15) is 5.56 Å². The van der Waals surface area contributed by atoms with Crippen LogP contribution in [0.15, 0.2) is 63.1 Å². The summed E-state index contributed by atoms with van der Waals surface area (Å²) in [7, 11) is -3.67. The van der Waals surface area contributed by atoms with E-state index in [0.717, 1.165) is 0 Å². The molecule has 0 radical (unpaired) electrons. The number of halogens is 1. The van der Waals surface area contributed by atoms with Crippen LogP contribution in [0.5, 0.6) is 0 Å². The van der Waals surface area contributed by atoms with Crippen molar-refractivity contribution >= 4 is 37.5 Å². The summed E-state index contributed by atoms with van der Waals surface area (Å²) in [5.74, 6) is -0.0450. The molecule has 4 N–H and O–H groups in total. The number of nitrogens with one attached hydrogen (secondary N) is 1. The van der Waals surface area contributed by atoms with Gasteiger partial charge in [0.15, 0.2) is 5.84 Å². The molecule has 0 aliphatic rings. The van der Waals surface area contributed by atoms with E-state index in [-0.39, 0.29) is 10.7 Å². The van der Waals surface area contributed by atoms with Crippen LogP contribution in [0, 0.1) is 0 Å². The summed E-state index contributed by atoms with van der Waals surface area (Å²) >= 11 is 3.23. The first kappa shape index (κ1) is 15.3. The SMILES string of the molecule is N/C(=N/O)c1ccc(NS(=O)(=O)c2cccc(Br)c2)cc1. The van der Waals surface area contributed by atoms with Crippen molar-refractivity contribution in [2.75, 3.05) is 4.72 Å². The Hall–Kier alpha value is -2.06. The van der Waals surface area contributed by atoms with Gasteiger partial charge in [-0.05, 0) is 42.5 Å². The molecule has 0 aromatic heterocycles. The van der Waals surface area contributed by atoms with Gasteiger partial charge in [-0.25, -0.2) is 8.42 Å². The summed E-state index contributed by atoms with van der Waals surface area (Å²) < 4.78 is 27.5. The standard InChI is InChI=1S/C13H12BrN3O3S/c14-10-2-1-3-12(8-10)21(19,20)17-11-6-4-9(5-7-11)13(15)16-18/h1-8,17-18H,(H2,15,16). The predicted octanol–water partition coefficient (Wildman–Crippen LogP) is 2.34. The molecule has 0 aliphatic heterocycles. The van der Waals surface area contributed by atoms with Gasteiger partial charge in [0.1, 0.15) is 0 Å². The molecule has 6 nitrogen and oxygen atoms in total. The minimum absolute atomic E-state index is 0.0450. The van der Waals surface area contributed by atoms with Crippen LogP contribution in [-0.4, -0.2) is 19.5 Å². The van der Waals surface area contributed by atoms with E-state index in [4.69, 9.17) is 10.9 Å². The third-order valence-electron chi connectivity index (χ3n) is 2.65. The monoisotopic (exact) mass is 369 g/mol. The maximum absolute atomic E-state index is 12.2. The summed E-state index contributed by atoms with van der Waals surface area (Å²) in [6, 6.07) is 12.5. The van der Waals surface area contributed by atoms with Crippen LogP contribution in [0.3, 0.4) is 0 Å². The fraction of sp³-hybridized carbons (Fsp3) is 0. The lowest BCUT2D eigenvalue weighted by Gasteiger charge is -2.09. The number of rotatable bonds is 4. The largest absolute Gasteiger partial charge is 0.409 e. The van der Waals surface area contributed by atoms with Gasteiger partial charge < -0.3 is 10.9 Å². The van der Waals surface area contributed by atoms with Crippen LogP contribution in [-0.2, 0) is 10.0 Å². The molecule has 8 heteroatoms. The summed E-state index contributed by atoms with van der Waals surface area (Å²) in [6.45, 7) is 0. The Morgan fingerprint density at radius 2 is 1.86 bits per heavy atom. The second-order valence-electron chi connectivity index (χ2n) is 4.13. The number of nitrogens with two attached hydrogens (primary N) is 1. The lowest BCUT2D eigenvalue weighted by Crippen LogP contribution is -2.14. The molecule has 0 amide bonds. The first-order valence-corrected chi connectivity index (χ1v) is 8.06. The zero-order valence-electron chi connectivity index (χ0n) is 10.7. The van der Waals surface area contributed by atoms with Gasteiger partial charge in [-0.3, -0.25) is 4.72 Å². The Bertz CT molecular complexity index is 774. The van der Waals surface area contributed by atoms with E-state index in [2.05, 4.69) is 25.8 Å². The van der Waals surface area contributed by atoms with Crippen molar-refractivity contribution in [3.8, 4) is 0 Å². The number of benzene rings is 2. The van der Waals surface area contributed by atoms with Crippen molar-refractivity contribution in [3.63, 3.8) is 0 Å². The maximum atomic E-state index is 12.2. The van der Waals surface area contributed by atoms with Crippen molar-refractivity contribution in [1.29, 1.82) is 0 Å². The van der Waals surface area contributed by atoms with Crippen molar-refractivity contribution in [3.05, 3.63) is 58.6 Å². The third kappa shape index (κ3) is 3.73. The lowest BCUT2D eigenvalue weighted by molar-refractivity contribution is 0.318. The normalized spacial score (nSPS) is 12.1. The molecular weight excluding hydrogens is 358 g/mol. The Morgan fingerprint density at radius 1 is 1.19 bits per heavy atom. The summed E-state index contributed by atoms with van der Waals surface area (Å²) in [6.07, 6.45) is 0. The summed E-state index contributed by atoms with van der Waals surface area (Å²) in [5.41, 5.74) is 6.30. The van der Waals surface area contributed by atoms with Gasteiger partial charge in [0, 0.05) is 15.7 Å². The molecule has 0 aliphatic carbocycles. The molecule has 2 aromatic rings. The number of hydrogen-bond acceptors (Lipinski definition) is 4. The highest BCUT2D eigenvalue weighted by Crippen LogP contribution is 2.19. The number of anilines is 1. The molecule has 0 spiro atoms. The van der Waals surface area contributed by atoms with E-state index in [1.54, 1.807) is 24.3 Å². The van der Waals surface area contributed by atoms with Crippen molar-refractivity contribution in [2.45, 2.75) is 4.90 Å². The fourth-order valence-electron chi connectivity index (χ4n) is 1.61. The van der Waals surface area contributed by atoms with E-state index >= 15 is 0 Å². The van der Waals surface area contributed by atoms with Gasteiger partial charge in [0.25, 0.3) is 10.0 Å². The zero-order valence-corrected chi connectivity index (χ0v) is 13.1. The number of hydrogen-bond donors (Lipinski definition) is 3. The van der Waals surface area contributed by atoms with Gasteiger partial charge in [-0.2, -0.15) is 0 Å². The number of nitrogens with zero attached hydrogens (tertiary/aromatic N) is 1. The fourth-order valence-corrected chi connectivity index (χ4v) is 3.27. The van der Waals surface area contributed by atoms with Crippen LogP contribution in [0.2, 0.25) is 0 Å². The van der Waals surface area contributed by atoms with Crippen molar-refractivity contribution in [1.82, 2.24) is 0 Å². The molecule has 2 aromatic carbocycles. The quantitative estimate of drug-likeness (QED) is 0.333. The van der Waals surface area contributed by atoms with Gasteiger partial charge in [-0.1, -0.05) is 27.2 Å². The molecule has 0 heterocycles. The highest BCUT2D eigenvalue weighted by Gasteiger charge is 2.14. The number of amidine groups is 1. The van der Waals surface area contributed by atoms with Gasteiger partial charge in [0.05, 0.1) is 4.90 Å². The van der Waals surface area contributed by atoms with E-state index in [1.165, 1.54) is 24.3 Å². The zero-order chi connectivity index (χ0) is 15.5. The lowest BCUT2D eigenvalue weighted by atomic mass is 10.2. The average Bonchev–Trinajstić information content (AvgIpc) is 2.47. The second kappa shape index (κ2) is 6.15. The summed E-state index contributed by atoms with van der Waals surface area (Å²) in [4.78, 5) is 0.150. The maximum Gasteiger partial charge on any atom is 0.261 e. The molecule has 0 fully saturated rings. The molecular formula is C13H12BrN3O3S. The van der Waals surface area contributed by atoms with Crippen LogP contribution < -0.4 is 10.5 Å². The van der Waals surface area contributed by atoms with Crippen LogP contribution >= 0.6 is 15.9 Å². The molecule has 0 bridgehead atoms. The van der Waals surface area contributed by atoms with E-state index in [0.29, 0.717) is 15.7 Å². The highest BCUT2D eigenvalue weighted by atomic mass is 79.9.